The number of hydrogen-bond donors (Lipinski definition) is 1. The Morgan fingerprint density at radius 3 is 2.77 bits per heavy atom. The van der Waals surface area contributed by atoms with Gasteiger partial charge in [0, 0.05) is 12.4 Å². The maximum Gasteiger partial charge on any atom is 0.155 e. The molecule has 1 N–H and O–H groups in total. The van der Waals surface area contributed by atoms with Crippen molar-refractivity contribution in [2.75, 3.05) is 7.11 Å². The standard InChI is InChI=1S/C9H9N3O/c1-13-7-2-3-8(12-6-7)9-10-4-5-11-9/h2-6H,1H3,(H,10,11). The van der Waals surface area contributed by atoms with Gasteiger partial charge in [0.2, 0.25) is 0 Å². The number of rotatable bonds is 2. The lowest BCUT2D eigenvalue weighted by Crippen LogP contribution is -1.87. The lowest BCUT2D eigenvalue weighted by molar-refractivity contribution is 0.413. The van der Waals surface area contributed by atoms with E-state index in [2.05, 4.69) is 15.0 Å². The third-order valence-electron chi connectivity index (χ3n) is 1.71. The molecule has 0 radical (unpaired) electrons. The number of pyridine rings is 1. The van der Waals surface area contributed by atoms with Crippen molar-refractivity contribution in [3.63, 3.8) is 0 Å². The summed E-state index contributed by atoms with van der Waals surface area (Å²) in [5.74, 6) is 1.51. The van der Waals surface area contributed by atoms with E-state index in [9.17, 15) is 0 Å². The smallest absolute Gasteiger partial charge is 0.155 e. The summed E-state index contributed by atoms with van der Waals surface area (Å²) in [5.41, 5.74) is 0.811. The minimum Gasteiger partial charge on any atom is -0.495 e. The summed E-state index contributed by atoms with van der Waals surface area (Å²) in [4.78, 5) is 11.2. The Balaban J connectivity index is 2.33. The van der Waals surface area contributed by atoms with Crippen LogP contribution in [0.25, 0.3) is 11.5 Å². The first-order valence-electron chi connectivity index (χ1n) is 3.90. The number of aromatic nitrogens is 3. The molecule has 0 aliphatic rings. The van der Waals surface area contributed by atoms with Gasteiger partial charge >= 0.3 is 0 Å². The predicted molar refractivity (Wildman–Crippen MR) is 48.4 cm³/mol. The Labute approximate surface area is 75.6 Å². The van der Waals surface area contributed by atoms with Crippen LogP contribution < -0.4 is 4.74 Å². The van der Waals surface area contributed by atoms with E-state index in [1.165, 1.54) is 0 Å². The maximum absolute atomic E-state index is 4.99. The summed E-state index contributed by atoms with van der Waals surface area (Å²) in [5, 5.41) is 0. The van der Waals surface area contributed by atoms with Crippen LogP contribution >= 0.6 is 0 Å². The Kier molecular flexibility index (Phi) is 1.96. The second kappa shape index (κ2) is 3.26. The highest BCUT2D eigenvalue weighted by molar-refractivity contribution is 5.49. The average molecular weight is 175 g/mol. The molecule has 0 saturated heterocycles. The molecule has 2 aromatic heterocycles. The second-order valence-electron chi connectivity index (χ2n) is 2.52. The van der Waals surface area contributed by atoms with Gasteiger partial charge in [0.1, 0.15) is 11.4 Å². The molecule has 0 fully saturated rings. The highest BCUT2D eigenvalue weighted by Gasteiger charge is 2.00. The molecule has 0 aromatic carbocycles. The highest BCUT2D eigenvalue weighted by atomic mass is 16.5. The molecule has 2 aromatic rings. The van der Waals surface area contributed by atoms with E-state index in [0.717, 1.165) is 17.3 Å². The fourth-order valence-corrected chi connectivity index (χ4v) is 1.05. The second-order valence-corrected chi connectivity index (χ2v) is 2.52. The fraction of sp³-hybridized carbons (Fsp3) is 0.111. The average Bonchev–Trinajstić information content (AvgIpc) is 2.71. The first-order valence-corrected chi connectivity index (χ1v) is 3.90. The molecule has 0 aliphatic heterocycles. The van der Waals surface area contributed by atoms with E-state index in [1.807, 2.05) is 12.1 Å². The third kappa shape index (κ3) is 1.51. The predicted octanol–water partition coefficient (Wildman–Crippen LogP) is 1.48. The first-order chi connectivity index (χ1) is 6.40. The van der Waals surface area contributed by atoms with E-state index in [1.54, 1.807) is 25.7 Å². The Hall–Kier alpha value is -1.84. The van der Waals surface area contributed by atoms with Crippen molar-refractivity contribution >= 4 is 0 Å². The molecule has 2 rings (SSSR count). The molecule has 0 atom stereocenters. The van der Waals surface area contributed by atoms with Gasteiger partial charge < -0.3 is 9.72 Å². The molecule has 0 spiro atoms. The molecular formula is C9H9N3O. The van der Waals surface area contributed by atoms with Crippen LogP contribution in [0.4, 0.5) is 0 Å². The van der Waals surface area contributed by atoms with Crippen LogP contribution in [0.2, 0.25) is 0 Å². The maximum atomic E-state index is 4.99. The Morgan fingerprint density at radius 2 is 2.23 bits per heavy atom. The van der Waals surface area contributed by atoms with E-state index in [-0.39, 0.29) is 0 Å². The van der Waals surface area contributed by atoms with Crippen LogP contribution in [0, 0.1) is 0 Å². The number of ether oxygens (including phenoxy) is 1. The molecule has 4 heteroatoms. The molecule has 0 saturated carbocycles. The molecular weight excluding hydrogens is 166 g/mol. The van der Waals surface area contributed by atoms with Crippen LogP contribution in [0.3, 0.4) is 0 Å². The van der Waals surface area contributed by atoms with Gasteiger partial charge in [-0.25, -0.2) is 9.97 Å². The number of nitrogens with one attached hydrogen (secondary N) is 1. The summed E-state index contributed by atoms with van der Waals surface area (Å²) in [6.07, 6.45) is 5.13. The zero-order valence-electron chi connectivity index (χ0n) is 7.19. The Bertz CT molecular complexity index is 366. The number of aromatic amines is 1. The number of imidazole rings is 1. The van der Waals surface area contributed by atoms with E-state index < -0.39 is 0 Å². The van der Waals surface area contributed by atoms with Gasteiger partial charge in [0.05, 0.1) is 13.3 Å². The van der Waals surface area contributed by atoms with Gasteiger partial charge in [-0.05, 0) is 12.1 Å². The topological polar surface area (TPSA) is 50.8 Å². The molecule has 0 aliphatic carbocycles. The first kappa shape index (κ1) is 7.79. The quantitative estimate of drug-likeness (QED) is 0.752. The van der Waals surface area contributed by atoms with Crippen molar-refractivity contribution in [2.24, 2.45) is 0 Å². The molecule has 13 heavy (non-hydrogen) atoms. The Morgan fingerprint density at radius 1 is 1.31 bits per heavy atom. The van der Waals surface area contributed by atoms with Crippen LogP contribution in [-0.2, 0) is 0 Å². The van der Waals surface area contributed by atoms with Gasteiger partial charge in [0.25, 0.3) is 0 Å². The van der Waals surface area contributed by atoms with Crippen LogP contribution in [0.5, 0.6) is 5.75 Å². The van der Waals surface area contributed by atoms with Crippen molar-refractivity contribution in [3.8, 4) is 17.3 Å². The zero-order chi connectivity index (χ0) is 9.10. The van der Waals surface area contributed by atoms with Crippen LogP contribution in [0.15, 0.2) is 30.7 Å². The van der Waals surface area contributed by atoms with E-state index in [4.69, 9.17) is 4.74 Å². The number of hydrogen-bond acceptors (Lipinski definition) is 3. The highest BCUT2D eigenvalue weighted by Crippen LogP contribution is 2.14. The number of methoxy groups -OCH3 is 1. The van der Waals surface area contributed by atoms with Gasteiger partial charge in [-0.1, -0.05) is 0 Å². The van der Waals surface area contributed by atoms with Crippen molar-refractivity contribution in [1.82, 2.24) is 15.0 Å². The molecule has 66 valence electrons. The van der Waals surface area contributed by atoms with Crippen LogP contribution in [-0.4, -0.2) is 22.1 Å². The summed E-state index contributed by atoms with van der Waals surface area (Å²) in [6.45, 7) is 0. The fourth-order valence-electron chi connectivity index (χ4n) is 1.05. The summed E-state index contributed by atoms with van der Waals surface area (Å²) in [7, 11) is 1.61. The molecule has 0 unspecified atom stereocenters. The minimum absolute atomic E-state index is 0.746. The summed E-state index contributed by atoms with van der Waals surface area (Å²) < 4.78 is 4.99. The van der Waals surface area contributed by atoms with Gasteiger partial charge in [-0.3, -0.25) is 0 Å². The third-order valence-corrected chi connectivity index (χ3v) is 1.71. The number of H-pyrrole nitrogens is 1. The number of nitrogens with zero attached hydrogens (tertiary/aromatic N) is 2. The largest absolute Gasteiger partial charge is 0.495 e. The van der Waals surface area contributed by atoms with Crippen molar-refractivity contribution < 1.29 is 4.74 Å². The van der Waals surface area contributed by atoms with Crippen molar-refractivity contribution in [2.45, 2.75) is 0 Å². The normalized spacial score (nSPS) is 9.92. The van der Waals surface area contributed by atoms with Gasteiger partial charge in [-0.15, -0.1) is 0 Å². The minimum atomic E-state index is 0.746. The summed E-state index contributed by atoms with van der Waals surface area (Å²) in [6, 6.07) is 3.71. The van der Waals surface area contributed by atoms with Crippen molar-refractivity contribution in [3.05, 3.63) is 30.7 Å². The van der Waals surface area contributed by atoms with Crippen LogP contribution in [0.1, 0.15) is 0 Å². The van der Waals surface area contributed by atoms with E-state index in [0.29, 0.717) is 0 Å². The summed E-state index contributed by atoms with van der Waals surface area (Å²) >= 11 is 0. The molecule has 4 nitrogen and oxygen atoms in total. The monoisotopic (exact) mass is 175 g/mol. The molecule has 2 heterocycles. The molecule has 0 bridgehead atoms. The zero-order valence-corrected chi connectivity index (χ0v) is 7.19. The SMILES string of the molecule is COc1ccc(-c2ncc[nH]2)nc1. The van der Waals surface area contributed by atoms with E-state index >= 15 is 0 Å². The molecule has 0 amide bonds. The van der Waals surface area contributed by atoms with Gasteiger partial charge in [0.15, 0.2) is 5.82 Å². The van der Waals surface area contributed by atoms with Crippen molar-refractivity contribution in [1.29, 1.82) is 0 Å². The lowest BCUT2D eigenvalue weighted by atomic mass is 10.3. The lowest BCUT2D eigenvalue weighted by Gasteiger charge is -1.99. The van der Waals surface area contributed by atoms with Gasteiger partial charge in [-0.2, -0.15) is 0 Å².